The van der Waals surface area contributed by atoms with Crippen molar-refractivity contribution in [2.75, 3.05) is 0 Å². The summed E-state index contributed by atoms with van der Waals surface area (Å²) in [6.45, 7) is 7.15. The molecule has 184 valence electrons. The quantitative estimate of drug-likeness (QED) is 0.643. The fraction of sp³-hybridized carbons (Fsp3) is 0.750. The van der Waals surface area contributed by atoms with Crippen LogP contribution in [0.15, 0.2) is 18.2 Å². The van der Waals surface area contributed by atoms with Crippen molar-refractivity contribution in [3.63, 3.8) is 0 Å². The van der Waals surface area contributed by atoms with E-state index in [1.165, 1.54) is 31.4 Å². The van der Waals surface area contributed by atoms with Gasteiger partial charge in [-0.1, -0.05) is 19.1 Å². The zero-order valence-electron chi connectivity index (χ0n) is 20.8. The van der Waals surface area contributed by atoms with Crippen molar-refractivity contribution in [1.82, 2.24) is 15.0 Å². The van der Waals surface area contributed by atoms with E-state index in [0.29, 0.717) is 28.7 Å². The van der Waals surface area contributed by atoms with Crippen LogP contribution in [0.2, 0.25) is 0 Å². The Morgan fingerprint density at radius 3 is 2.68 bits per heavy atom. The van der Waals surface area contributed by atoms with Gasteiger partial charge in [0.2, 0.25) is 0 Å². The highest BCUT2D eigenvalue weighted by Crippen LogP contribution is 2.68. The maximum Gasteiger partial charge on any atom is 0.157 e. The number of ketones is 1. The van der Waals surface area contributed by atoms with Crippen LogP contribution >= 0.6 is 0 Å². The van der Waals surface area contributed by atoms with Gasteiger partial charge >= 0.3 is 0 Å². The van der Waals surface area contributed by atoms with Gasteiger partial charge in [0.25, 0.3) is 0 Å². The fourth-order valence-electron chi connectivity index (χ4n) is 9.28. The maximum absolute atomic E-state index is 13.6. The van der Waals surface area contributed by atoms with Gasteiger partial charge in [0.15, 0.2) is 5.78 Å². The van der Waals surface area contributed by atoms with Gasteiger partial charge in [-0.15, -0.1) is 5.10 Å². The monoisotopic (exact) mass is 467 g/mol. The van der Waals surface area contributed by atoms with E-state index >= 15 is 0 Å². The molecule has 0 amide bonds. The number of fused-ring (bicyclic) bond motifs is 6. The molecule has 1 N–H and O–H groups in total. The SMILES string of the molecule is C[C@@]1(O)CC[C@@]2(C)[C@H](CCC3[C@@H]2CC[C@]2(C)[C@@H](C(=O)Cn4nnc5cc(F)ccc54)CC[C@@H]32)C1. The van der Waals surface area contributed by atoms with Gasteiger partial charge in [-0.25, -0.2) is 9.07 Å². The zero-order chi connectivity index (χ0) is 23.9. The zero-order valence-corrected chi connectivity index (χ0v) is 20.8. The van der Waals surface area contributed by atoms with E-state index in [4.69, 9.17) is 0 Å². The van der Waals surface area contributed by atoms with Crippen molar-refractivity contribution < 1.29 is 14.3 Å². The third kappa shape index (κ3) is 3.30. The van der Waals surface area contributed by atoms with Gasteiger partial charge < -0.3 is 5.11 Å². The lowest BCUT2D eigenvalue weighted by molar-refractivity contribution is -0.151. The Kier molecular flexibility index (Phi) is 5.05. The molecular formula is C28H38FN3O2. The van der Waals surface area contributed by atoms with Crippen LogP contribution in [-0.2, 0) is 11.3 Å². The summed E-state index contributed by atoms with van der Waals surface area (Å²) < 4.78 is 15.2. The summed E-state index contributed by atoms with van der Waals surface area (Å²) in [6, 6.07) is 4.45. The Labute approximate surface area is 201 Å². The summed E-state index contributed by atoms with van der Waals surface area (Å²) in [5, 5.41) is 19.0. The average molecular weight is 468 g/mol. The van der Waals surface area contributed by atoms with E-state index < -0.39 is 5.60 Å². The van der Waals surface area contributed by atoms with Crippen molar-refractivity contribution in [2.45, 2.75) is 90.7 Å². The van der Waals surface area contributed by atoms with Crippen molar-refractivity contribution >= 4 is 16.8 Å². The molecule has 0 saturated heterocycles. The summed E-state index contributed by atoms with van der Waals surface area (Å²) in [5.74, 6) is 2.66. The third-order valence-electron chi connectivity index (χ3n) is 11.1. The topological polar surface area (TPSA) is 68.0 Å². The fourth-order valence-corrected chi connectivity index (χ4v) is 9.28. The molecule has 2 aromatic rings. The number of halogens is 1. The van der Waals surface area contributed by atoms with Crippen LogP contribution in [0, 0.1) is 46.2 Å². The number of aliphatic hydroxyl groups is 1. The summed E-state index contributed by atoms with van der Waals surface area (Å²) >= 11 is 0. The highest BCUT2D eigenvalue weighted by Gasteiger charge is 2.61. The molecule has 1 aromatic carbocycles. The van der Waals surface area contributed by atoms with Crippen molar-refractivity contribution in [1.29, 1.82) is 0 Å². The standard InChI is InChI=1S/C28H38FN3O2/c1-26(34)12-13-27(2)17(15-26)4-6-19-20-7-8-22(28(20,3)11-10-21(19)27)25(33)16-32-24-9-5-18(29)14-23(24)30-31-32/h5,9,14,17,19-22,34H,4,6-8,10-13,15-16H2,1-3H3/t17-,19?,20+,21+,22-,26-,27+,28+/m1/s1. The Balaban J connectivity index is 1.21. The van der Waals surface area contributed by atoms with E-state index in [2.05, 4.69) is 24.2 Å². The molecule has 4 fully saturated rings. The highest BCUT2D eigenvalue weighted by molar-refractivity contribution is 5.84. The molecule has 6 rings (SSSR count). The molecule has 4 aliphatic rings. The number of aromatic nitrogens is 3. The molecule has 0 radical (unpaired) electrons. The molecule has 0 spiro atoms. The Hall–Kier alpha value is -1.82. The first-order valence-electron chi connectivity index (χ1n) is 13.3. The van der Waals surface area contributed by atoms with Gasteiger partial charge in [0.05, 0.1) is 11.1 Å². The molecule has 1 heterocycles. The average Bonchev–Trinajstić information content (AvgIpc) is 3.34. The second-order valence-corrected chi connectivity index (χ2v) is 12.9. The first kappa shape index (κ1) is 22.6. The number of benzene rings is 1. The molecule has 0 aliphatic heterocycles. The lowest BCUT2D eigenvalue weighted by Gasteiger charge is -2.61. The number of hydrogen-bond acceptors (Lipinski definition) is 4. The van der Waals surface area contributed by atoms with Crippen LogP contribution in [0.1, 0.15) is 78.6 Å². The van der Waals surface area contributed by atoms with Gasteiger partial charge in [-0.2, -0.15) is 0 Å². The molecule has 34 heavy (non-hydrogen) atoms. The number of hydrogen-bond donors (Lipinski definition) is 1. The smallest absolute Gasteiger partial charge is 0.157 e. The van der Waals surface area contributed by atoms with E-state index in [9.17, 15) is 14.3 Å². The Morgan fingerprint density at radius 2 is 1.85 bits per heavy atom. The van der Waals surface area contributed by atoms with Gasteiger partial charge in [0, 0.05) is 12.0 Å². The summed E-state index contributed by atoms with van der Waals surface area (Å²) in [6.07, 6.45) is 9.93. The first-order valence-corrected chi connectivity index (χ1v) is 13.3. The number of Topliss-reactive ketones (excluding diaryl/α,β-unsaturated/α-hetero) is 1. The van der Waals surface area contributed by atoms with E-state index in [1.54, 1.807) is 10.7 Å². The molecule has 6 heteroatoms. The van der Waals surface area contributed by atoms with Crippen molar-refractivity contribution in [3.05, 3.63) is 24.0 Å². The van der Waals surface area contributed by atoms with Gasteiger partial charge in [0.1, 0.15) is 17.9 Å². The second-order valence-electron chi connectivity index (χ2n) is 12.9. The van der Waals surface area contributed by atoms with Crippen LogP contribution in [0.25, 0.3) is 11.0 Å². The lowest BCUT2D eigenvalue weighted by Crippen LogP contribution is -2.55. The van der Waals surface area contributed by atoms with E-state index in [1.807, 2.05) is 6.92 Å². The Morgan fingerprint density at radius 1 is 1.06 bits per heavy atom. The van der Waals surface area contributed by atoms with Gasteiger partial charge in [-0.3, -0.25) is 4.79 Å². The number of carbonyl (C=O) groups excluding carboxylic acids is 1. The maximum atomic E-state index is 13.6. The second kappa shape index (κ2) is 7.59. The van der Waals surface area contributed by atoms with Crippen LogP contribution in [0.5, 0.6) is 0 Å². The minimum atomic E-state index is -0.498. The minimum Gasteiger partial charge on any atom is -0.390 e. The largest absolute Gasteiger partial charge is 0.390 e. The molecule has 4 saturated carbocycles. The number of rotatable bonds is 3. The molecule has 5 nitrogen and oxygen atoms in total. The summed E-state index contributed by atoms with van der Waals surface area (Å²) in [5.41, 5.74) is 1.12. The minimum absolute atomic E-state index is 0.0596. The molecule has 1 aromatic heterocycles. The van der Waals surface area contributed by atoms with Crippen LogP contribution < -0.4 is 0 Å². The van der Waals surface area contributed by atoms with Crippen LogP contribution in [0.4, 0.5) is 4.39 Å². The molecule has 4 aliphatic carbocycles. The van der Waals surface area contributed by atoms with Crippen molar-refractivity contribution in [3.8, 4) is 0 Å². The van der Waals surface area contributed by atoms with Crippen LogP contribution in [0.3, 0.4) is 0 Å². The molecule has 8 atom stereocenters. The van der Waals surface area contributed by atoms with E-state index in [-0.39, 0.29) is 29.5 Å². The van der Waals surface area contributed by atoms with Gasteiger partial charge in [-0.05, 0) is 111 Å². The Bertz CT molecular complexity index is 1130. The molecule has 1 unspecified atom stereocenters. The highest BCUT2D eigenvalue weighted by atomic mass is 19.1. The van der Waals surface area contributed by atoms with Crippen molar-refractivity contribution in [2.24, 2.45) is 40.4 Å². The lowest BCUT2D eigenvalue weighted by atomic mass is 9.44. The first-order chi connectivity index (χ1) is 16.1. The number of carbonyl (C=O) groups is 1. The van der Waals surface area contributed by atoms with E-state index in [0.717, 1.165) is 50.0 Å². The predicted molar refractivity (Wildman–Crippen MR) is 128 cm³/mol. The number of nitrogens with zero attached hydrogens (tertiary/aromatic N) is 3. The normalized spacial score (nSPS) is 43.9. The third-order valence-corrected chi connectivity index (χ3v) is 11.1. The molecular weight excluding hydrogens is 429 g/mol. The summed E-state index contributed by atoms with van der Waals surface area (Å²) in [4.78, 5) is 13.6. The molecule has 0 bridgehead atoms. The predicted octanol–water partition coefficient (Wildman–Crippen LogP) is 5.55. The van der Waals surface area contributed by atoms with Crippen LogP contribution in [-0.4, -0.2) is 31.5 Å². The summed E-state index contributed by atoms with van der Waals surface area (Å²) in [7, 11) is 0.